The fourth-order valence-electron chi connectivity index (χ4n) is 5.41. The van der Waals surface area contributed by atoms with Gasteiger partial charge in [0.2, 0.25) is 11.8 Å². The first-order valence-electron chi connectivity index (χ1n) is 15.9. The summed E-state index contributed by atoms with van der Waals surface area (Å²) in [6.07, 6.45) is 1.58. The number of sulfonamides is 1. The molecule has 4 rings (SSSR count). The smallest absolute Gasteiger partial charge is 0.264 e. The summed E-state index contributed by atoms with van der Waals surface area (Å²) in [7, 11) is -4.15. The van der Waals surface area contributed by atoms with Crippen LogP contribution in [0.15, 0.2) is 108 Å². The zero-order valence-corrected chi connectivity index (χ0v) is 28.3. The van der Waals surface area contributed by atoms with Crippen LogP contribution in [0.3, 0.4) is 0 Å². The molecular formula is C38H45N3O4S. The molecule has 4 aromatic carbocycles. The molecule has 8 heteroatoms. The molecule has 0 aliphatic carbocycles. The van der Waals surface area contributed by atoms with Crippen LogP contribution < -0.4 is 9.62 Å². The van der Waals surface area contributed by atoms with Crippen LogP contribution in [0.2, 0.25) is 0 Å². The van der Waals surface area contributed by atoms with Gasteiger partial charge in [0.25, 0.3) is 10.0 Å². The Morgan fingerprint density at radius 1 is 0.783 bits per heavy atom. The van der Waals surface area contributed by atoms with Gasteiger partial charge in [-0.2, -0.15) is 0 Å². The van der Waals surface area contributed by atoms with Gasteiger partial charge >= 0.3 is 0 Å². The zero-order valence-electron chi connectivity index (χ0n) is 27.4. The Bertz CT molecular complexity index is 1720. The topological polar surface area (TPSA) is 86.8 Å². The van der Waals surface area contributed by atoms with E-state index in [2.05, 4.69) is 5.32 Å². The van der Waals surface area contributed by atoms with E-state index in [1.807, 2.05) is 101 Å². The lowest BCUT2D eigenvalue weighted by molar-refractivity contribution is -0.140. The number of amides is 2. The van der Waals surface area contributed by atoms with Crippen molar-refractivity contribution in [2.24, 2.45) is 0 Å². The summed E-state index contributed by atoms with van der Waals surface area (Å²) in [5.41, 5.74) is 4.94. The normalized spacial score (nSPS) is 12.6. The van der Waals surface area contributed by atoms with Gasteiger partial charge in [-0.3, -0.25) is 13.9 Å². The van der Waals surface area contributed by atoms with Gasteiger partial charge in [0.15, 0.2) is 0 Å². The highest BCUT2D eigenvalue weighted by Crippen LogP contribution is 2.29. The molecule has 0 spiro atoms. The van der Waals surface area contributed by atoms with E-state index in [1.165, 1.54) is 4.31 Å². The number of carbonyl (C=O) groups is 2. The van der Waals surface area contributed by atoms with Gasteiger partial charge in [-0.1, -0.05) is 110 Å². The van der Waals surface area contributed by atoms with Crippen molar-refractivity contribution in [3.63, 3.8) is 0 Å². The summed E-state index contributed by atoms with van der Waals surface area (Å²) in [4.78, 5) is 30.3. The largest absolute Gasteiger partial charge is 0.352 e. The predicted octanol–water partition coefficient (Wildman–Crippen LogP) is 6.62. The Morgan fingerprint density at radius 2 is 1.43 bits per heavy atom. The molecule has 0 aliphatic rings. The Morgan fingerprint density at radius 3 is 2.09 bits per heavy atom. The molecule has 7 nitrogen and oxygen atoms in total. The predicted molar refractivity (Wildman–Crippen MR) is 185 cm³/mol. The third kappa shape index (κ3) is 8.63. The number of rotatable bonds is 14. The number of benzene rings is 4. The lowest BCUT2D eigenvalue weighted by Gasteiger charge is -2.34. The summed E-state index contributed by atoms with van der Waals surface area (Å²) < 4.78 is 29.9. The van der Waals surface area contributed by atoms with Gasteiger partial charge in [0, 0.05) is 19.0 Å². The Hall–Kier alpha value is -4.43. The quantitative estimate of drug-likeness (QED) is 0.168. The van der Waals surface area contributed by atoms with Gasteiger partial charge in [-0.05, 0) is 68.5 Å². The molecule has 242 valence electrons. The van der Waals surface area contributed by atoms with E-state index in [-0.39, 0.29) is 29.8 Å². The number of hydrogen-bond acceptors (Lipinski definition) is 4. The van der Waals surface area contributed by atoms with Crippen LogP contribution in [0.1, 0.15) is 55.0 Å². The highest BCUT2D eigenvalue weighted by molar-refractivity contribution is 7.92. The maximum atomic E-state index is 14.7. The zero-order chi connectivity index (χ0) is 33.3. The van der Waals surface area contributed by atoms with Crippen LogP contribution in [0.25, 0.3) is 0 Å². The van der Waals surface area contributed by atoms with Crippen molar-refractivity contribution < 1.29 is 18.0 Å². The van der Waals surface area contributed by atoms with E-state index < -0.39 is 28.5 Å². The number of hydrogen-bond donors (Lipinski definition) is 1. The lowest BCUT2D eigenvalue weighted by atomic mass is 10.0. The maximum Gasteiger partial charge on any atom is 0.264 e. The molecule has 0 heterocycles. The second kappa shape index (κ2) is 15.7. The van der Waals surface area contributed by atoms with Crippen LogP contribution in [-0.4, -0.2) is 43.8 Å². The molecule has 0 aliphatic heterocycles. The van der Waals surface area contributed by atoms with Crippen LogP contribution in [0.4, 0.5) is 5.69 Å². The number of carbonyl (C=O) groups excluding carboxylic acids is 2. The van der Waals surface area contributed by atoms with Crippen molar-refractivity contribution in [1.29, 1.82) is 0 Å². The van der Waals surface area contributed by atoms with Crippen molar-refractivity contribution in [1.82, 2.24) is 10.2 Å². The molecule has 0 unspecified atom stereocenters. The minimum Gasteiger partial charge on any atom is -0.352 e. The van der Waals surface area contributed by atoms with Gasteiger partial charge < -0.3 is 10.2 Å². The van der Waals surface area contributed by atoms with E-state index in [0.717, 1.165) is 34.2 Å². The number of anilines is 1. The fourth-order valence-corrected chi connectivity index (χ4v) is 6.86. The summed E-state index contributed by atoms with van der Waals surface area (Å²) in [6, 6.07) is 30.3. The van der Waals surface area contributed by atoms with Crippen molar-refractivity contribution >= 4 is 27.5 Å². The monoisotopic (exact) mass is 639 g/mol. The third-order valence-corrected chi connectivity index (χ3v) is 10.0. The standard InChI is InChI=1S/C38H45N3O4S/c1-6-30(5)39-38(43)36(25-31-15-9-8-10-16-31)40(26-32-17-13-14-29(4)24-32)37(42)27-41(35-19-12-11-18-33(35)7-2)46(44,45)34-22-20-28(3)21-23-34/h8-24,30,36H,6-7,25-27H2,1-5H3,(H,39,43)/t30-,36+/m1/s1. The van der Waals surface area contributed by atoms with Crippen molar-refractivity contribution in [2.45, 2.75) is 77.4 Å². The average Bonchev–Trinajstić information content (AvgIpc) is 3.05. The van der Waals surface area contributed by atoms with E-state index in [1.54, 1.807) is 41.3 Å². The summed E-state index contributed by atoms with van der Waals surface area (Å²) in [6.45, 7) is 9.42. The molecule has 0 saturated carbocycles. The number of nitrogens with one attached hydrogen (secondary N) is 1. The van der Waals surface area contributed by atoms with Crippen molar-refractivity contribution in [3.05, 3.63) is 131 Å². The molecule has 0 aromatic heterocycles. The first-order valence-corrected chi connectivity index (χ1v) is 17.3. The first kappa shape index (κ1) is 34.4. The van der Waals surface area contributed by atoms with Crippen LogP contribution in [-0.2, 0) is 39.0 Å². The van der Waals surface area contributed by atoms with E-state index >= 15 is 0 Å². The maximum absolute atomic E-state index is 14.7. The molecule has 2 atom stereocenters. The molecule has 0 fully saturated rings. The van der Waals surface area contributed by atoms with Gasteiger partial charge in [0.05, 0.1) is 10.6 Å². The second-order valence-electron chi connectivity index (χ2n) is 11.8. The second-order valence-corrected chi connectivity index (χ2v) is 13.7. The minimum absolute atomic E-state index is 0.0948. The summed E-state index contributed by atoms with van der Waals surface area (Å²) in [5, 5.41) is 3.08. The minimum atomic E-state index is -4.15. The summed E-state index contributed by atoms with van der Waals surface area (Å²) in [5.74, 6) is -0.746. The Balaban J connectivity index is 1.84. The first-order chi connectivity index (χ1) is 22.0. The molecule has 46 heavy (non-hydrogen) atoms. The SMILES string of the molecule is CCc1ccccc1N(CC(=O)N(Cc1cccc(C)c1)[C@@H](Cc1ccccc1)C(=O)N[C@H](C)CC)S(=O)(=O)c1ccc(C)cc1. The van der Waals surface area contributed by atoms with E-state index in [4.69, 9.17) is 0 Å². The molecule has 2 amide bonds. The number of nitrogens with zero attached hydrogens (tertiary/aromatic N) is 2. The molecule has 0 bridgehead atoms. The summed E-state index contributed by atoms with van der Waals surface area (Å²) >= 11 is 0. The van der Waals surface area contributed by atoms with E-state index in [0.29, 0.717) is 12.1 Å². The highest BCUT2D eigenvalue weighted by Gasteiger charge is 2.35. The Labute approximate surface area is 274 Å². The van der Waals surface area contributed by atoms with E-state index in [9.17, 15) is 18.0 Å². The van der Waals surface area contributed by atoms with Crippen LogP contribution in [0, 0.1) is 13.8 Å². The molecular weight excluding hydrogens is 595 g/mol. The highest BCUT2D eigenvalue weighted by atomic mass is 32.2. The van der Waals surface area contributed by atoms with Gasteiger partial charge in [-0.15, -0.1) is 0 Å². The van der Waals surface area contributed by atoms with Crippen LogP contribution in [0.5, 0.6) is 0 Å². The Kier molecular flexibility index (Phi) is 11.8. The van der Waals surface area contributed by atoms with Crippen LogP contribution >= 0.6 is 0 Å². The molecule has 1 N–H and O–H groups in total. The van der Waals surface area contributed by atoms with Gasteiger partial charge in [0.1, 0.15) is 12.6 Å². The molecule has 0 radical (unpaired) electrons. The molecule has 0 saturated heterocycles. The molecule has 4 aromatic rings. The third-order valence-electron chi connectivity index (χ3n) is 8.24. The van der Waals surface area contributed by atoms with Crippen molar-refractivity contribution in [2.75, 3.05) is 10.8 Å². The van der Waals surface area contributed by atoms with Gasteiger partial charge in [-0.25, -0.2) is 8.42 Å². The fraction of sp³-hybridized carbons (Fsp3) is 0.316. The van der Waals surface area contributed by atoms with Crippen molar-refractivity contribution in [3.8, 4) is 0 Å². The number of aryl methyl sites for hydroxylation is 3. The average molecular weight is 640 g/mol. The number of para-hydroxylation sites is 1. The lowest BCUT2D eigenvalue weighted by Crippen LogP contribution is -2.54.